The van der Waals surface area contributed by atoms with Crippen molar-refractivity contribution in [2.45, 2.75) is 24.7 Å². The zero-order valence-corrected chi connectivity index (χ0v) is 9.59. The molecule has 0 radical (unpaired) electrons. The number of hydrogen-bond donors (Lipinski definition) is 1. The molecule has 0 bridgehead atoms. The third-order valence-corrected chi connectivity index (χ3v) is 3.93. The quantitative estimate of drug-likeness (QED) is 0.863. The first kappa shape index (κ1) is 10.2. The van der Waals surface area contributed by atoms with Gasteiger partial charge in [0.25, 0.3) is 0 Å². The average molecular weight is 241 g/mol. The molecule has 0 unspecified atom stereocenters. The van der Waals surface area contributed by atoms with Crippen LogP contribution in [-0.4, -0.2) is 18.5 Å². The van der Waals surface area contributed by atoms with E-state index >= 15 is 0 Å². The van der Waals surface area contributed by atoms with Gasteiger partial charge in [-0.15, -0.1) is 0 Å². The number of benzene rings is 1. The number of halogens is 1. The monoisotopic (exact) mass is 240 g/mol. The van der Waals surface area contributed by atoms with Gasteiger partial charge in [0.05, 0.1) is 11.6 Å². The van der Waals surface area contributed by atoms with E-state index in [1.807, 2.05) is 12.1 Å². The Kier molecular flexibility index (Phi) is 2.26. The van der Waals surface area contributed by atoms with E-state index in [0.29, 0.717) is 16.5 Å². The highest BCUT2D eigenvalue weighted by atomic mass is 35.5. The van der Waals surface area contributed by atoms with E-state index in [2.05, 4.69) is 0 Å². The number of ether oxygens (including phenoxy) is 2. The summed E-state index contributed by atoms with van der Waals surface area (Å²) in [6, 6.07) is 3.84. The van der Waals surface area contributed by atoms with E-state index in [9.17, 15) is 5.11 Å². The van der Waals surface area contributed by atoms with Gasteiger partial charge in [0.1, 0.15) is 0 Å². The Bertz CT molecular complexity index is 421. The molecule has 2 aliphatic rings. The fraction of sp³-hybridized carbons (Fsp3) is 0.500. The fourth-order valence-electron chi connectivity index (χ4n) is 2.42. The largest absolute Gasteiger partial charge is 0.454 e. The molecule has 4 heteroatoms. The van der Waals surface area contributed by atoms with E-state index < -0.39 is 0 Å². The van der Waals surface area contributed by atoms with Gasteiger partial charge in [-0.05, 0) is 30.5 Å². The van der Waals surface area contributed by atoms with Crippen molar-refractivity contribution in [2.75, 3.05) is 13.4 Å². The zero-order valence-electron chi connectivity index (χ0n) is 8.83. The third-order valence-electron chi connectivity index (χ3n) is 3.65. The number of fused-ring (bicyclic) bond motifs is 1. The van der Waals surface area contributed by atoms with Crippen molar-refractivity contribution in [3.05, 3.63) is 22.7 Å². The minimum atomic E-state index is -0.107. The molecule has 16 heavy (non-hydrogen) atoms. The Hall–Kier alpha value is -0.930. The topological polar surface area (TPSA) is 38.7 Å². The standard InChI is InChI=1S/C12H13ClO3/c13-9-4-8(12(6-14)2-1-3-12)5-10-11(9)16-7-15-10/h4-5,14H,1-3,6-7H2. The van der Waals surface area contributed by atoms with Crippen molar-refractivity contribution in [1.82, 2.24) is 0 Å². The van der Waals surface area contributed by atoms with Gasteiger partial charge in [-0.2, -0.15) is 0 Å². The van der Waals surface area contributed by atoms with E-state index in [1.54, 1.807) is 0 Å². The molecule has 3 rings (SSSR count). The van der Waals surface area contributed by atoms with Crippen molar-refractivity contribution in [2.24, 2.45) is 0 Å². The predicted octanol–water partition coefficient (Wildman–Crippen LogP) is 2.48. The maximum Gasteiger partial charge on any atom is 0.231 e. The van der Waals surface area contributed by atoms with Gasteiger partial charge < -0.3 is 14.6 Å². The SMILES string of the molecule is OCC1(c2cc(Cl)c3c(c2)OCO3)CCC1. The molecule has 1 aliphatic carbocycles. The smallest absolute Gasteiger partial charge is 0.231 e. The molecule has 0 amide bonds. The van der Waals surface area contributed by atoms with Crippen LogP contribution in [0, 0.1) is 0 Å². The molecule has 86 valence electrons. The lowest BCUT2D eigenvalue weighted by molar-refractivity contribution is 0.120. The molecule has 1 heterocycles. The summed E-state index contributed by atoms with van der Waals surface area (Å²) in [7, 11) is 0. The second-order valence-electron chi connectivity index (χ2n) is 4.48. The lowest BCUT2D eigenvalue weighted by Crippen LogP contribution is -2.37. The predicted molar refractivity (Wildman–Crippen MR) is 60.2 cm³/mol. The highest BCUT2D eigenvalue weighted by molar-refractivity contribution is 6.32. The molecule has 0 atom stereocenters. The Balaban J connectivity index is 2.05. The highest BCUT2D eigenvalue weighted by Crippen LogP contribution is 2.48. The Morgan fingerprint density at radius 3 is 2.75 bits per heavy atom. The second-order valence-corrected chi connectivity index (χ2v) is 4.89. The van der Waals surface area contributed by atoms with Gasteiger partial charge in [0, 0.05) is 5.41 Å². The average Bonchev–Trinajstić information content (AvgIpc) is 2.65. The van der Waals surface area contributed by atoms with Crippen LogP contribution in [0.2, 0.25) is 5.02 Å². The Labute approximate surface area is 98.9 Å². The minimum Gasteiger partial charge on any atom is -0.454 e. The first-order valence-electron chi connectivity index (χ1n) is 5.46. The molecule has 1 aliphatic heterocycles. The molecular formula is C12H13ClO3. The van der Waals surface area contributed by atoms with Gasteiger partial charge in [0.2, 0.25) is 6.79 Å². The van der Waals surface area contributed by atoms with Crippen LogP contribution in [0.25, 0.3) is 0 Å². The van der Waals surface area contributed by atoms with Gasteiger partial charge in [-0.1, -0.05) is 18.0 Å². The molecule has 0 aromatic heterocycles. The summed E-state index contributed by atoms with van der Waals surface area (Å²) in [6.45, 7) is 0.396. The maximum atomic E-state index is 9.51. The van der Waals surface area contributed by atoms with Crippen LogP contribution < -0.4 is 9.47 Å². The molecule has 0 saturated heterocycles. The second kappa shape index (κ2) is 3.54. The Morgan fingerprint density at radius 1 is 1.31 bits per heavy atom. The summed E-state index contributed by atoms with van der Waals surface area (Å²) in [5.74, 6) is 1.32. The van der Waals surface area contributed by atoms with Crippen LogP contribution >= 0.6 is 11.6 Å². The van der Waals surface area contributed by atoms with Crippen LogP contribution in [0.5, 0.6) is 11.5 Å². The van der Waals surface area contributed by atoms with Gasteiger partial charge in [0.15, 0.2) is 11.5 Å². The molecule has 1 N–H and O–H groups in total. The van der Waals surface area contributed by atoms with E-state index in [4.69, 9.17) is 21.1 Å². The normalized spacial score (nSPS) is 20.6. The summed E-state index contributed by atoms with van der Waals surface area (Å²) < 4.78 is 10.6. The molecule has 1 aromatic carbocycles. The summed E-state index contributed by atoms with van der Waals surface area (Å²) in [4.78, 5) is 0. The summed E-state index contributed by atoms with van der Waals surface area (Å²) in [5.41, 5.74) is 0.959. The van der Waals surface area contributed by atoms with Gasteiger partial charge in [-0.3, -0.25) is 0 Å². The highest BCUT2D eigenvalue weighted by Gasteiger charge is 2.39. The van der Waals surface area contributed by atoms with Gasteiger partial charge in [-0.25, -0.2) is 0 Å². The molecule has 0 spiro atoms. The van der Waals surface area contributed by atoms with Crippen LogP contribution in [-0.2, 0) is 5.41 Å². The minimum absolute atomic E-state index is 0.107. The third kappa shape index (κ3) is 1.31. The van der Waals surface area contributed by atoms with Crippen LogP contribution in [0.1, 0.15) is 24.8 Å². The van der Waals surface area contributed by atoms with E-state index in [0.717, 1.165) is 24.8 Å². The van der Waals surface area contributed by atoms with Crippen molar-refractivity contribution in [1.29, 1.82) is 0 Å². The molecule has 1 saturated carbocycles. The molecule has 1 fully saturated rings. The summed E-state index contributed by atoms with van der Waals surface area (Å²) in [5, 5.41) is 10.1. The molecular weight excluding hydrogens is 228 g/mol. The summed E-state index contributed by atoms with van der Waals surface area (Å²) >= 11 is 6.13. The van der Waals surface area contributed by atoms with E-state index in [-0.39, 0.29) is 18.8 Å². The van der Waals surface area contributed by atoms with Gasteiger partial charge >= 0.3 is 0 Å². The number of aliphatic hydroxyl groups excluding tert-OH is 1. The maximum absolute atomic E-state index is 9.51. The summed E-state index contributed by atoms with van der Waals surface area (Å²) in [6.07, 6.45) is 3.19. The fourth-order valence-corrected chi connectivity index (χ4v) is 2.68. The number of hydrogen-bond acceptors (Lipinski definition) is 3. The first-order chi connectivity index (χ1) is 7.75. The lowest BCUT2D eigenvalue weighted by atomic mass is 9.65. The molecule has 3 nitrogen and oxygen atoms in total. The zero-order chi connectivity index (χ0) is 11.2. The number of aliphatic hydroxyl groups is 1. The Morgan fingerprint density at radius 2 is 2.12 bits per heavy atom. The molecule has 1 aromatic rings. The van der Waals surface area contributed by atoms with Crippen molar-refractivity contribution in [3.8, 4) is 11.5 Å². The van der Waals surface area contributed by atoms with Crippen LogP contribution in [0.4, 0.5) is 0 Å². The van der Waals surface area contributed by atoms with Crippen molar-refractivity contribution < 1.29 is 14.6 Å². The van der Waals surface area contributed by atoms with Crippen LogP contribution in [0.3, 0.4) is 0 Å². The lowest BCUT2D eigenvalue weighted by Gasteiger charge is -2.41. The van der Waals surface area contributed by atoms with Crippen molar-refractivity contribution in [3.63, 3.8) is 0 Å². The van der Waals surface area contributed by atoms with Crippen molar-refractivity contribution >= 4 is 11.6 Å². The van der Waals surface area contributed by atoms with E-state index in [1.165, 1.54) is 0 Å². The first-order valence-corrected chi connectivity index (χ1v) is 5.83. The van der Waals surface area contributed by atoms with Crippen LogP contribution in [0.15, 0.2) is 12.1 Å². The number of rotatable bonds is 2.